The van der Waals surface area contributed by atoms with Gasteiger partial charge in [-0.3, -0.25) is 24.2 Å². The molecule has 0 spiro atoms. The first-order valence-corrected chi connectivity index (χ1v) is 15.6. The van der Waals surface area contributed by atoms with E-state index in [1.165, 1.54) is 18.6 Å². The SMILES string of the molecule is CCC(=O)OB(OC(=O)CC(C)CCCCCCN)[C@H](CC(C)C)NC(=O)[C@H](Cc1ccccc1)NC(=O)c1cnccn1. The molecule has 240 valence electrons. The lowest BCUT2D eigenvalue weighted by molar-refractivity contribution is -0.141. The van der Waals surface area contributed by atoms with Crippen LogP contribution in [-0.2, 0) is 30.1 Å². The third-order valence-corrected chi connectivity index (χ3v) is 7.03. The minimum Gasteiger partial charge on any atom is -0.498 e. The molecule has 0 aliphatic carbocycles. The smallest absolute Gasteiger partial charge is 0.498 e. The summed E-state index contributed by atoms with van der Waals surface area (Å²) in [5.74, 6) is -2.87. The first kappa shape index (κ1) is 36.4. The van der Waals surface area contributed by atoms with Crippen molar-refractivity contribution in [1.82, 2.24) is 20.6 Å². The first-order valence-electron chi connectivity index (χ1n) is 15.6. The topological polar surface area (TPSA) is 163 Å². The lowest BCUT2D eigenvalue weighted by Gasteiger charge is -2.27. The van der Waals surface area contributed by atoms with E-state index in [4.69, 9.17) is 15.0 Å². The Balaban J connectivity index is 2.22. The van der Waals surface area contributed by atoms with E-state index in [2.05, 4.69) is 20.6 Å². The average molecular weight is 610 g/mol. The summed E-state index contributed by atoms with van der Waals surface area (Å²) in [5, 5.41) is 5.67. The van der Waals surface area contributed by atoms with Gasteiger partial charge in [-0.1, -0.05) is 83.7 Å². The molecule has 1 aromatic carbocycles. The molecule has 0 saturated heterocycles. The van der Waals surface area contributed by atoms with Crippen LogP contribution >= 0.6 is 0 Å². The Kier molecular flexibility index (Phi) is 16.7. The van der Waals surface area contributed by atoms with Crippen LogP contribution in [0.5, 0.6) is 0 Å². The highest BCUT2D eigenvalue weighted by molar-refractivity contribution is 6.51. The molecule has 0 radical (unpaired) electrons. The molecule has 1 aromatic heterocycles. The number of aromatic nitrogens is 2. The predicted octanol–water partition coefficient (Wildman–Crippen LogP) is 3.81. The van der Waals surface area contributed by atoms with Gasteiger partial charge in [0, 0.05) is 31.7 Å². The van der Waals surface area contributed by atoms with E-state index in [9.17, 15) is 19.2 Å². The van der Waals surface area contributed by atoms with E-state index >= 15 is 0 Å². The fourth-order valence-electron chi connectivity index (χ4n) is 4.69. The van der Waals surface area contributed by atoms with Gasteiger partial charge >= 0.3 is 7.12 Å². The lowest BCUT2D eigenvalue weighted by Crippen LogP contribution is -2.57. The summed E-state index contributed by atoms with van der Waals surface area (Å²) < 4.78 is 11.3. The highest BCUT2D eigenvalue weighted by Crippen LogP contribution is 2.17. The maximum absolute atomic E-state index is 13.8. The van der Waals surface area contributed by atoms with Crippen molar-refractivity contribution in [2.45, 2.75) is 97.5 Å². The Morgan fingerprint density at radius 1 is 0.932 bits per heavy atom. The van der Waals surface area contributed by atoms with Gasteiger partial charge in [-0.05, 0) is 36.8 Å². The molecule has 4 N–H and O–H groups in total. The van der Waals surface area contributed by atoms with Crippen LogP contribution in [-0.4, -0.2) is 59.4 Å². The van der Waals surface area contributed by atoms with Crippen LogP contribution in [0, 0.1) is 11.8 Å². The van der Waals surface area contributed by atoms with Gasteiger partial charge in [-0.25, -0.2) is 4.98 Å². The molecule has 2 amide bonds. The molecule has 0 aliphatic rings. The van der Waals surface area contributed by atoms with E-state index in [0.717, 1.165) is 37.7 Å². The minimum atomic E-state index is -1.33. The van der Waals surface area contributed by atoms with Crippen LogP contribution in [0.3, 0.4) is 0 Å². The van der Waals surface area contributed by atoms with Gasteiger partial charge in [0.05, 0.1) is 12.1 Å². The molecule has 0 aliphatic heterocycles. The molecule has 0 bridgehead atoms. The molecule has 2 aromatic rings. The minimum absolute atomic E-state index is 0.0519. The molecule has 0 fully saturated rings. The quantitative estimate of drug-likeness (QED) is 0.150. The lowest BCUT2D eigenvalue weighted by atomic mass is 9.73. The zero-order chi connectivity index (χ0) is 32.3. The van der Waals surface area contributed by atoms with Crippen LogP contribution in [0.4, 0.5) is 0 Å². The number of hydrogen-bond donors (Lipinski definition) is 3. The van der Waals surface area contributed by atoms with E-state index < -0.39 is 42.9 Å². The van der Waals surface area contributed by atoms with E-state index in [1.807, 2.05) is 51.1 Å². The molecular weight excluding hydrogens is 561 g/mol. The molecule has 0 saturated carbocycles. The van der Waals surface area contributed by atoms with E-state index in [1.54, 1.807) is 6.92 Å². The number of unbranched alkanes of at least 4 members (excludes halogenated alkanes) is 3. The van der Waals surface area contributed by atoms with Crippen molar-refractivity contribution in [3.05, 3.63) is 60.2 Å². The summed E-state index contributed by atoms with van der Waals surface area (Å²) >= 11 is 0. The number of carbonyl (C=O) groups excluding carboxylic acids is 4. The Labute approximate surface area is 261 Å². The van der Waals surface area contributed by atoms with Crippen molar-refractivity contribution in [2.24, 2.45) is 17.6 Å². The maximum Gasteiger partial charge on any atom is 0.622 e. The van der Waals surface area contributed by atoms with Gasteiger partial charge in [0.25, 0.3) is 17.8 Å². The Bertz CT molecular complexity index is 1150. The summed E-state index contributed by atoms with van der Waals surface area (Å²) in [4.78, 5) is 60.1. The van der Waals surface area contributed by atoms with Gasteiger partial charge in [0.15, 0.2) is 0 Å². The Morgan fingerprint density at radius 3 is 2.27 bits per heavy atom. The second-order valence-electron chi connectivity index (χ2n) is 11.6. The van der Waals surface area contributed by atoms with Gasteiger partial charge in [-0.2, -0.15) is 0 Å². The third-order valence-electron chi connectivity index (χ3n) is 7.03. The molecule has 2 rings (SSSR count). The van der Waals surface area contributed by atoms with E-state index in [-0.39, 0.29) is 36.8 Å². The van der Waals surface area contributed by atoms with Crippen molar-refractivity contribution in [2.75, 3.05) is 6.54 Å². The fraction of sp³-hybridized carbons (Fsp3) is 0.562. The van der Waals surface area contributed by atoms with Gasteiger partial charge in [0.2, 0.25) is 5.91 Å². The van der Waals surface area contributed by atoms with Crippen LogP contribution < -0.4 is 16.4 Å². The van der Waals surface area contributed by atoms with Crippen LogP contribution in [0.1, 0.15) is 95.1 Å². The maximum atomic E-state index is 13.8. The van der Waals surface area contributed by atoms with Crippen molar-refractivity contribution >= 4 is 30.9 Å². The first-order chi connectivity index (χ1) is 21.1. The number of rotatable bonds is 20. The molecule has 1 heterocycles. The van der Waals surface area contributed by atoms with Gasteiger partial charge in [0.1, 0.15) is 11.7 Å². The summed E-state index contributed by atoms with van der Waals surface area (Å²) in [5.41, 5.74) is 6.45. The zero-order valence-corrected chi connectivity index (χ0v) is 26.5. The predicted molar refractivity (Wildman–Crippen MR) is 169 cm³/mol. The molecule has 12 heteroatoms. The zero-order valence-electron chi connectivity index (χ0n) is 26.5. The third kappa shape index (κ3) is 14.1. The summed E-state index contributed by atoms with van der Waals surface area (Å²) in [6.45, 7) is 8.20. The van der Waals surface area contributed by atoms with E-state index in [0.29, 0.717) is 13.0 Å². The number of nitrogens with zero attached hydrogens (tertiary/aromatic N) is 2. The molecule has 1 unspecified atom stereocenters. The second kappa shape index (κ2) is 20.2. The summed E-state index contributed by atoms with van der Waals surface area (Å²) in [7, 11) is -1.33. The Morgan fingerprint density at radius 2 is 1.64 bits per heavy atom. The van der Waals surface area contributed by atoms with Crippen molar-refractivity contribution in [3.8, 4) is 0 Å². The van der Waals surface area contributed by atoms with Gasteiger partial charge in [-0.15, -0.1) is 0 Å². The second-order valence-corrected chi connectivity index (χ2v) is 11.6. The van der Waals surface area contributed by atoms with Crippen molar-refractivity contribution in [3.63, 3.8) is 0 Å². The van der Waals surface area contributed by atoms with Crippen LogP contribution in [0.15, 0.2) is 48.9 Å². The molecular formula is C32H48BN5O6. The standard InChI is InChI=1S/C32H48BN5O6/c1-5-29(39)43-33(44-30(40)20-24(4)13-9-6-7-12-16-34)28(19-23(2)3)38-31(41)26(21-25-14-10-8-11-15-25)37-32(42)27-22-35-17-18-36-27/h8,10-11,14-15,17-18,22-24,26,28H,5-7,9,12-13,16,19-21,34H2,1-4H3,(H,37,42)(H,38,41)/t24?,26-,28-/m0/s1. The Hall–Kier alpha value is -3.80. The molecule has 3 atom stereocenters. The van der Waals surface area contributed by atoms with Gasteiger partial charge < -0.3 is 25.7 Å². The van der Waals surface area contributed by atoms with Crippen molar-refractivity contribution in [1.29, 1.82) is 0 Å². The number of amides is 2. The summed E-state index contributed by atoms with van der Waals surface area (Å²) in [6, 6.07) is 8.26. The number of hydrogen-bond acceptors (Lipinski definition) is 9. The number of benzene rings is 1. The number of carbonyl (C=O) groups is 4. The number of nitrogens with one attached hydrogen (secondary N) is 2. The fourth-order valence-corrected chi connectivity index (χ4v) is 4.69. The largest absolute Gasteiger partial charge is 0.622 e. The van der Waals surface area contributed by atoms with Crippen molar-refractivity contribution < 1.29 is 28.5 Å². The molecule has 11 nitrogen and oxygen atoms in total. The van der Waals surface area contributed by atoms with Crippen LogP contribution in [0.2, 0.25) is 0 Å². The normalized spacial score (nSPS) is 13.0. The summed E-state index contributed by atoms with van der Waals surface area (Å²) in [6.07, 6.45) is 9.86. The highest BCUT2D eigenvalue weighted by Gasteiger charge is 2.40. The number of nitrogens with two attached hydrogens (primary N) is 1. The average Bonchev–Trinajstić information content (AvgIpc) is 3.00. The monoisotopic (exact) mass is 609 g/mol. The van der Waals surface area contributed by atoms with Crippen LogP contribution in [0.25, 0.3) is 0 Å². The molecule has 44 heavy (non-hydrogen) atoms. The highest BCUT2D eigenvalue weighted by atomic mass is 16.6.